The fraction of sp³-hybridized carbons (Fsp3) is 0.478. The molecule has 0 spiro atoms. The van der Waals surface area contributed by atoms with E-state index >= 15 is 0 Å². The number of para-hydroxylation sites is 1. The molecule has 1 fully saturated rings. The Bertz CT molecular complexity index is 1380. The molecule has 13 nitrogen and oxygen atoms in total. The number of aliphatic hydroxyl groups excluding tert-OH is 1. The molecule has 212 valence electrons. The van der Waals surface area contributed by atoms with Gasteiger partial charge in [-0.1, -0.05) is 29.8 Å². The van der Waals surface area contributed by atoms with Crippen LogP contribution in [0.15, 0.2) is 36.7 Å². The van der Waals surface area contributed by atoms with Gasteiger partial charge >= 0.3 is 12.6 Å². The smallest absolute Gasteiger partial charge is 0.323 e. The second-order valence-electron chi connectivity index (χ2n) is 9.43. The van der Waals surface area contributed by atoms with Gasteiger partial charge in [-0.2, -0.15) is 9.97 Å². The van der Waals surface area contributed by atoms with Gasteiger partial charge in [0.1, 0.15) is 35.1 Å². The number of carbonyl (C=O) groups excluding carboxylic acids is 1. The number of nitrogens with one attached hydrogen (secondary N) is 1. The highest BCUT2D eigenvalue weighted by molar-refractivity contribution is 8.09. The van der Waals surface area contributed by atoms with Crippen LogP contribution in [-0.2, 0) is 30.6 Å². The van der Waals surface area contributed by atoms with Crippen molar-refractivity contribution in [2.24, 2.45) is 0 Å². The number of hydrogen-bond donors (Lipinski definition) is 4. The fourth-order valence-electron chi connectivity index (χ4n) is 3.95. The van der Waals surface area contributed by atoms with Crippen LogP contribution in [0.25, 0.3) is 11.2 Å². The zero-order chi connectivity index (χ0) is 28.5. The molecular formula is C23H30ClN6O7PS. The largest absolute Gasteiger partial charge is 0.462 e. The fourth-order valence-corrected chi connectivity index (χ4v) is 6.59. The number of carbonyl (C=O) groups is 1. The van der Waals surface area contributed by atoms with Crippen molar-refractivity contribution in [3.05, 3.63) is 41.8 Å². The predicted molar refractivity (Wildman–Crippen MR) is 146 cm³/mol. The van der Waals surface area contributed by atoms with Gasteiger partial charge in [0.2, 0.25) is 5.95 Å². The van der Waals surface area contributed by atoms with Crippen molar-refractivity contribution >= 4 is 53.1 Å². The van der Waals surface area contributed by atoms with Crippen molar-refractivity contribution in [3.63, 3.8) is 0 Å². The third-order valence-corrected chi connectivity index (χ3v) is 8.60. The lowest BCUT2D eigenvalue weighted by atomic mass is 9.96. The Balaban J connectivity index is 1.55. The van der Waals surface area contributed by atoms with Crippen LogP contribution in [0.2, 0.25) is 5.15 Å². The summed E-state index contributed by atoms with van der Waals surface area (Å²) < 4.78 is 24.7. The Morgan fingerprint density at radius 2 is 2.03 bits per heavy atom. The van der Waals surface area contributed by atoms with Gasteiger partial charge in [-0.25, -0.2) is 10.1 Å². The number of nitrogens with zero attached hydrogens (tertiary/aromatic N) is 4. The minimum Gasteiger partial charge on any atom is -0.462 e. The average molecular weight is 601 g/mol. The van der Waals surface area contributed by atoms with E-state index < -0.39 is 42.7 Å². The lowest BCUT2D eigenvalue weighted by Gasteiger charge is -2.28. The number of rotatable bonds is 10. The molecule has 0 amide bonds. The van der Waals surface area contributed by atoms with Crippen LogP contribution in [0.1, 0.15) is 33.9 Å². The normalized spacial score (nSPS) is 25.5. The van der Waals surface area contributed by atoms with Crippen molar-refractivity contribution in [2.45, 2.75) is 63.9 Å². The second-order valence-corrected chi connectivity index (χ2v) is 12.9. The highest BCUT2D eigenvalue weighted by atomic mass is 35.5. The van der Waals surface area contributed by atoms with Crippen LogP contribution in [0.3, 0.4) is 0 Å². The first kappa shape index (κ1) is 29.6. The van der Waals surface area contributed by atoms with E-state index in [0.29, 0.717) is 5.75 Å². The summed E-state index contributed by atoms with van der Waals surface area (Å²) >= 11 is 11.8. The van der Waals surface area contributed by atoms with E-state index in [1.165, 1.54) is 17.8 Å². The first-order chi connectivity index (χ1) is 18.3. The van der Waals surface area contributed by atoms with E-state index in [2.05, 4.69) is 20.0 Å². The maximum absolute atomic E-state index is 12.5. The van der Waals surface area contributed by atoms with E-state index in [1.807, 2.05) is 6.07 Å². The molecule has 3 heterocycles. The van der Waals surface area contributed by atoms with Gasteiger partial charge in [0.25, 0.3) is 0 Å². The maximum atomic E-state index is 12.5. The molecule has 39 heavy (non-hydrogen) atoms. The van der Waals surface area contributed by atoms with Crippen LogP contribution in [-0.4, -0.2) is 72.3 Å². The van der Waals surface area contributed by atoms with Crippen molar-refractivity contribution in [3.8, 4) is 5.75 Å². The van der Waals surface area contributed by atoms with Crippen molar-refractivity contribution < 1.29 is 33.5 Å². The predicted octanol–water partition coefficient (Wildman–Crippen LogP) is 2.32. The van der Waals surface area contributed by atoms with Crippen LogP contribution in [0.5, 0.6) is 5.75 Å². The Kier molecular flexibility index (Phi) is 8.79. The number of esters is 1. The van der Waals surface area contributed by atoms with Gasteiger partial charge in [-0.3, -0.25) is 9.36 Å². The topological polar surface area (TPSA) is 176 Å². The minimum absolute atomic E-state index is 0.0317. The molecule has 1 aromatic carbocycles. The number of fused-ring (bicyclic) bond motifs is 1. The van der Waals surface area contributed by atoms with Crippen molar-refractivity contribution in [1.82, 2.24) is 24.6 Å². The average Bonchev–Trinajstić information content (AvgIpc) is 3.36. The highest BCUT2D eigenvalue weighted by Crippen LogP contribution is 2.47. The zero-order valence-corrected chi connectivity index (χ0v) is 24.1. The number of aliphatic hydroxyl groups is 2. The van der Waals surface area contributed by atoms with Gasteiger partial charge < -0.3 is 34.5 Å². The lowest BCUT2D eigenvalue weighted by Crippen LogP contribution is -2.44. The molecule has 0 bridgehead atoms. The molecule has 2 aromatic heterocycles. The molecule has 4 rings (SSSR count). The lowest BCUT2D eigenvalue weighted by molar-refractivity contribution is -0.149. The molecule has 16 heteroatoms. The molecule has 3 aromatic rings. The van der Waals surface area contributed by atoms with Crippen molar-refractivity contribution in [1.29, 1.82) is 0 Å². The number of hydrogen-bond acceptors (Lipinski definition) is 12. The third-order valence-electron chi connectivity index (χ3n) is 5.84. The summed E-state index contributed by atoms with van der Waals surface area (Å²) in [7, 11) is 0. The molecule has 6 atom stereocenters. The van der Waals surface area contributed by atoms with Crippen LogP contribution in [0, 0.1) is 0 Å². The number of nitrogens with two attached hydrogens (primary N) is 1. The number of aromatic nitrogens is 4. The van der Waals surface area contributed by atoms with Crippen LogP contribution >= 0.6 is 18.2 Å². The first-order valence-electron chi connectivity index (χ1n) is 12.0. The molecule has 2 unspecified atom stereocenters. The molecule has 0 saturated carbocycles. The van der Waals surface area contributed by atoms with Gasteiger partial charge in [0.15, 0.2) is 17.0 Å². The molecule has 0 radical (unpaired) electrons. The van der Waals surface area contributed by atoms with E-state index in [0.717, 1.165) is 0 Å². The maximum Gasteiger partial charge on any atom is 0.323 e. The summed E-state index contributed by atoms with van der Waals surface area (Å²) in [5.74, 6) is -0.219. The summed E-state index contributed by atoms with van der Waals surface area (Å²) in [4.78, 5) is 24.7. The van der Waals surface area contributed by atoms with E-state index in [1.54, 1.807) is 45.0 Å². The number of imidazole rings is 1. The second kappa shape index (κ2) is 11.6. The monoisotopic (exact) mass is 600 g/mol. The molecule has 0 aliphatic carbocycles. The van der Waals surface area contributed by atoms with Gasteiger partial charge in [-0.05, 0) is 51.6 Å². The summed E-state index contributed by atoms with van der Waals surface area (Å²) in [5, 5.41) is 25.2. The Hall–Kier alpha value is -2.42. The Morgan fingerprint density at radius 3 is 2.69 bits per heavy atom. The number of halogens is 1. The number of benzene rings is 1. The summed E-state index contributed by atoms with van der Waals surface area (Å²) in [6.45, 7) is 2.74. The number of ether oxygens (including phenoxy) is 2. The summed E-state index contributed by atoms with van der Waals surface area (Å²) in [5.41, 5.74) is 4.39. The summed E-state index contributed by atoms with van der Waals surface area (Å²) in [6.07, 6.45) is -2.59. The molecule has 1 aliphatic heterocycles. The van der Waals surface area contributed by atoms with E-state index in [-0.39, 0.29) is 35.0 Å². The zero-order valence-electron chi connectivity index (χ0n) is 21.6. The molecule has 1 saturated heterocycles. The van der Waals surface area contributed by atoms with Gasteiger partial charge in [-0.15, -0.1) is 0 Å². The van der Waals surface area contributed by atoms with Crippen LogP contribution < -0.4 is 15.3 Å². The van der Waals surface area contributed by atoms with E-state index in [4.69, 9.17) is 47.7 Å². The van der Waals surface area contributed by atoms with Gasteiger partial charge in [0, 0.05) is 0 Å². The number of anilines is 1. The Labute approximate surface area is 234 Å². The SMILES string of the molecule is CC(C)OC(=O)C(C)NP(=S)(OC[C@H]1O[C@@H](n2cnc3c(Cl)nc(N)nc32)[C@](C)(O)[C@@H]1O)Oc1ccccc1. The molecule has 1 aliphatic rings. The minimum atomic E-state index is -3.41. The van der Waals surface area contributed by atoms with Gasteiger partial charge in [0.05, 0.1) is 19.0 Å². The summed E-state index contributed by atoms with van der Waals surface area (Å²) in [6, 6.07) is 7.84. The highest BCUT2D eigenvalue weighted by Gasteiger charge is 2.54. The first-order valence-corrected chi connectivity index (χ1v) is 15.0. The molecular weight excluding hydrogens is 571 g/mol. The van der Waals surface area contributed by atoms with E-state index in [9.17, 15) is 15.0 Å². The van der Waals surface area contributed by atoms with Crippen LogP contribution in [0.4, 0.5) is 5.95 Å². The standard InChI is InChI=1S/C23H30ClN6O7PS/c1-12(2)35-20(32)13(3)29-38(39,37-14-8-6-5-7-9-14)34-10-15-17(31)23(4,33)21(36-15)30-11-26-16-18(24)27-22(25)28-19(16)30/h5-9,11-13,15,17,21,31,33H,10H2,1-4H3,(H,29,39)(H2,25,27,28)/t13?,15-,17-,21-,23-,38?/m1/s1. The molecule has 5 N–H and O–H groups in total. The van der Waals surface area contributed by atoms with Crippen molar-refractivity contribution in [2.75, 3.05) is 12.3 Å². The third kappa shape index (κ3) is 6.50. The quantitative estimate of drug-likeness (QED) is 0.152. The number of nitrogen functional groups attached to an aromatic ring is 1. The Morgan fingerprint density at radius 1 is 1.33 bits per heavy atom.